The van der Waals surface area contributed by atoms with Gasteiger partial charge in [0, 0.05) is 25.2 Å². The van der Waals surface area contributed by atoms with Crippen molar-refractivity contribution in [2.24, 2.45) is 5.73 Å². The van der Waals surface area contributed by atoms with Crippen molar-refractivity contribution in [3.8, 4) is 0 Å². The van der Waals surface area contributed by atoms with Crippen LogP contribution in [-0.4, -0.2) is 52.7 Å². The van der Waals surface area contributed by atoms with Crippen LogP contribution in [0.5, 0.6) is 0 Å². The summed E-state index contributed by atoms with van der Waals surface area (Å²) in [7, 11) is 1.33. The highest BCUT2D eigenvalue weighted by atomic mass is 19.1. The summed E-state index contributed by atoms with van der Waals surface area (Å²) in [6.07, 6.45) is 3.31. The van der Waals surface area contributed by atoms with E-state index in [1.165, 1.54) is 7.05 Å². The maximum Gasteiger partial charge on any atom is 0.282 e. The Morgan fingerprint density at radius 1 is 1.26 bits per heavy atom. The highest BCUT2D eigenvalue weighted by Gasteiger charge is 2.30. The van der Waals surface area contributed by atoms with Crippen molar-refractivity contribution >= 4 is 29.2 Å². The number of nitrogens with one attached hydrogen (secondary N) is 2. The van der Waals surface area contributed by atoms with Crippen LogP contribution >= 0.6 is 0 Å². The highest BCUT2D eigenvalue weighted by molar-refractivity contribution is 5.96. The third kappa shape index (κ3) is 6.37. The van der Waals surface area contributed by atoms with Gasteiger partial charge in [0.05, 0.1) is 17.9 Å². The molecule has 1 heterocycles. The van der Waals surface area contributed by atoms with E-state index in [0.717, 1.165) is 34.7 Å². The molecule has 3 rings (SSSR count). The van der Waals surface area contributed by atoms with Gasteiger partial charge in [-0.3, -0.25) is 14.4 Å². The lowest BCUT2D eigenvalue weighted by Crippen LogP contribution is -2.39. The first-order valence-corrected chi connectivity index (χ1v) is 11.1. The lowest BCUT2D eigenvalue weighted by atomic mass is 10.1. The summed E-state index contributed by atoms with van der Waals surface area (Å²) in [5.41, 5.74) is 9.00. The van der Waals surface area contributed by atoms with E-state index in [0.29, 0.717) is 36.8 Å². The molecule has 0 saturated heterocycles. The fourth-order valence-electron chi connectivity index (χ4n) is 3.52. The molecule has 4 N–H and O–H groups in total. The molecule has 9 nitrogen and oxygen atoms in total. The van der Waals surface area contributed by atoms with Crippen LogP contribution in [0, 0.1) is 0 Å². The van der Waals surface area contributed by atoms with Crippen molar-refractivity contribution in [2.75, 3.05) is 25.5 Å². The number of halogens is 1. The number of benzene rings is 1. The zero-order chi connectivity index (χ0) is 24.8. The fourth-order valence-corrected chi connectivity index (χ4v) is 3.52. The van der Waals surface area contributed by atoms with Gasteiger partial charge >= 0.3 is 0 Å². The number of carbonyl (C=O) groups is 3. The predicted octanol–water partition coefficient (Wildman–Crippen LogP) is 2.36. The number of rotatable bonds is 11. The molecule has 0 aliphatic heterocycles. The predicted molar refractivity (Wildman–Crippen MR) is 126 cm³/mol. The van der Waals surface area contributed by atoms with Crippen LogP contribution in [-0.2, 0) is 22.4 Å². The molecule has 10 heteroatoms. The Morgan fingerprint density at radius 2 is 2.00 bits per heavy atom. The van der Waals surface area contributed by atoms with Crippen molar-refractivity contribution in [2.45, 2.75) is 38.5 Å². The smallest absolute Gasteiger partial charge is 0.282 e. The summed E-state index contributed by atoms with van der Waals surface area (Å²) in [6.45, 7) is 4.96. The highest BCUT2D eigenvalue weighted by Crippen LogP contribution is 2.41. The van der Waals surface area contributed by atoms with E-state index in [1.54, 1.807) is 0 Å². The summed E-state index contributed by atoms with van der Waals surface area (Å²) in [5, 5.41) is 5.87. The van der Waals surface area contributed by atoms with Crippen LogP contribution in [0.4, 0.5) is 15.9 Å². The number of nitrogens with two attached hydrogens (primary N) is 1. The minimum atomic E-state index is -1.11. The molecule has 34 heavy (non-hydrogen) atoms. The van der Waals surface area contributed by atoms with Crippen LogP contribution < -0.4 is 16.4 Å². The Hall–Kier alpha value is -3.82. The number of amides is 3. The number of nitrogens with zero attached hydrogens (tertiary/aromatic N) is 3. The van der Waals surface area contributed by atoms with Crippen molar-refractivity contribution in [3.05, 3.63) is 59.3 Å². The second-order valence-corrected chi connectivity index (χ2v) is 8.24. The van der Waals surface area contributed by atoms with Crippen molar-refractivity contribution in [3.63, 3.8) is 0 Å². The van der Waals surface area contributed by atoms with Gasteiger partial charge in [0.2, 0.25) is 5.91 Å². The molecule has 180 valence electrons. The minimum absolute atomic E-state index is 0.105. The zero-order valence-electron chi connectivity index (χ0n) is 19.4. The van der Waals surface area contributed by atoms with Crippen molar-refractivity contribution in [1.29, 1.82) is 0 Å². The molecule has 0 radical (unpaired) electrons. The molecular weight excluding hydrogens is 439 g/mol. The van der Waals surface area contributed by atoms with Crippen LogP contribution in [0.25, 0.3) is 0 Å². The largest absolute Gasteiger partial charge is 0.364 e. The Balaban J connectivity index is 1.64. The fraction of sp³-hybridized carbons (Fsp3) is 0.375. The third-order valence-electron chi connectivity index (χ3n) is 5.42. The number of primary amides is 1. The summed E-state index contributed by atoms with van der Waals surface area (Å²) >= 11 is 0. The van der Waals surface area contributed by atoms with E-state index in [9.17, 15) is 18.8 Å². The second-order valence-electron chi connectivity index (χ2n) is 8.24. The van der Waals surface area contributed by atoms with E-state index in [-0.39, 0.29) is 12.2 Å². The van der Waals surface area contributed by atoms with Gasteiger partial charge in [-0.05, 0) is 43.4 Å². The summed E-state index contributed by atoms with van der Waals surface area (Å²) < 4.78 is 12.9. The van der Waals surface area contributed by atoms with Crippen LogP contribution in [0.2, 0.25) is 0 Å². The van der Waals surface area contributed by atoms with Gasteiger partial charge in [-0.15, -0.1) is 0 Å². The lowest BCUT2D eigenvalue weighted by molar-refractivity contribution is -0.132. The maximum atomic E-state index is 12.9. The molecule has 1 aromatic heterocycles. The van der Waals surface area contributed by atoms with Gasteiger partial charge in [0.25, 0.3) is 11.8 Å². The molecular formula is C24H29FN6O3. The third-order valence-corrected chi connectivity index (χ3v) is 5.42. The average molecular weight is 469 g/mol. The Labute approximate surface area is 197 Å². The first-order valence-electron chi connectivity index (χ1n) is 11.1. The first-order chi connectivity index (χ1) is 16.2. The molecule has 3 amide bonds. The molecule has 1 aromatic carbocycles. The van der Waals surface area contributed by atoms with Gasteiger partial charge < -0.3 is 21.3 Å². The van der Waals surface area contributed by atoms with E-state index >= 15 is 0 Å². The van der Waals surface area contributed by atoms with Crippen molar-refractivity contribution in [1.82, 2.24) is 20.2 Å². The second kappa shape index (κ2) is 10.9. The van der Waals surface area contributed by atoms with Crippen LogP contribution in [0.1, 0.15) is 53.1 Å². The number of anilines is 2. The first kappa shape index (κ1) is 24.8. The van der Waals surface area contributed by atoms with E-state index in [1.807, 2.05) is 31.2 Å². The number of hydrogen-bond acceptors (Lipinski definition) is 6. The van der Waals surface area contributed by atoms with Gasteiger partial charge in [-0.2, -0.15) is 0 Å². The number of likely N-dealkylation sites (N-methyl/N-ethyl adjacent to an activating group) is 1. The molecule has 1 fully saturated rings. The number of aromatic nitrogens is 2. The number of hydrogen-bond donors (Lipinski definition) is 3. The van der Waals surface area contributed by atoms with E-state index in [4.69, 9.17) is 10.7 Å². The van der Waals surface area contributed by atoms with Crippen molar-refractivity contribution < 1.29 is 18.8 Å². The molecule has 0 spiro atoms. The summed E-state index contributed by atoms with van der Waals surface area (Å²) in [5.74, 6) is -2.39. The standard InChI is InChI=1S/C24H29FN6O3/c1-4-18-20(16-8-9-16)30-23(21(29-18)22(26)33)28-17-7-5-6-15(12-17)10-11-27-19(32)13-31(3)24(34)14(2)25/h5-7,12,16H,2,4,8-11,13H2,1,3H3,(H2,26,33)(H,27,32)(H,28,30). The summed E-state index contributed by atoms with van der Waals surface area (Å²) in [6, 6.07) is 7.46. The van der Waals surface area contributed by atoms with E-state index in [2.05, 4.69) is 22.2 Å². The monoisotopic (exact) mass is 468 g/mol. The maximum absolute atomic E-state index is 12.9. The molecule has 1 saturated carbocycles. The Kier molecular flexibility index (Phi) is 7.93. The summed E-state index contributed by atoms with van der Waals surface area (Å²) in [4.78, 5) is 45.6. The van der Waals surface area contributed by atoms with Crippen LogP contribution in [0.3, 0.4) is 0 Å². The zero-order valence-corrected chi connectivity index (χ0v) is 19.4. The average Bonchev–Trinajstić information content (AvgIpc) is 3.63. The van der Waals surface area contributed by atoms with Gasteiger partial charge in [0.1, 0.15) is 0 Å². The molecule has 2 aromatic rings. The quantitative estimate of drug-likeness (QED) is 0.434. The van der Waals surface area contributed by atoms with Gasteiger partial charge in [-0.25, -0.2) is 14.4 Å². The Bertz CT molecular complexity index is 1120. The molecule has 1 aliphatic rings. The molecule has 0 atom stereocenters. The van der Waals surface area contributed by atoms with E-state index < -0.39 is 23.5 Å². The SMILES string of the molecule is C=C(F)C(=O)N(C)CC(=O)NCCc1cccc(Nc2nc(C3CC3)c(CC)nc2C(N)=O)c1. The molecule has 0 bridgehead atoms. The minimum Gasteiger partial charge on any atom is -0.364 e. The number of carbonyl (C=O) groups excluding carboxylic acids is 3. The van der Waals surface area contributed by atoms with Gasteiger partial charge in [-0.1, -0.05) is 25.6 Å². The number of aryl methyl sites for hydroxylation is 1. The lowest BCUT2D eigenvalue weighted by Gasteiger charge is -2.15. The topological polar surface area (TPSA) is 130 Å². The van der Waals surface area contributed by atoms with Crippen LogP contribution in [0.15, 0.2) is 36.7 Å². The molecule has 0 unspecified atom stereocenters. The molecule has 1 aliphatic carbocycles. The Morgan fingerprint density at radius 3 is 2.62 bits per heavy atom. The normalized spacial score (nSPS) is 12.7. The van der Waals surface area contributed by atoms with Gasteiger partial charge in [0.15, 0.2) is 17.3 Å².